The Bertz CT molecular complexity index is 363. The van der Waals surface area contributed by atoms with Crippen LogP contribution in [0.15, 0.2) is 24.3 Å². The molecule has 0 aromatic heterocycles. The summed E-state index contributed by atoms with van der Waals surface area (Å²) in [5.74, 6) is -0.214. The summed E-state index contributed by atoms with van der Waals surface area (Å²) in [5, 5.41) is 12.1. The predicted molar refractivity (Wildman–Crippen MR) is 62.1 cm³/mol. The van der Waals surface area contributed by atoms with E-state index in [1.807, 2.05) is 13.8 Å². The summed E-state index contributed by atoms with van der Waals surface area (Å²) < 4.78 is 12.6. The average Bonchev–Trinajstić information content (AvgIpc) is 2.27. The third kappa shape index (κ3) is 4.41. The second-order valence-electron chi connectivity index (χ2n) is 4.55. The van der Waals surface area contributed by atoms with Crippen LogP contribution in [0.25, 0.3) is 0 Å². The number of nitrogens with zero attached hydrogens (tertiary/aromatic N) is 1. The number of benzene rings is 1. The van der Waals surface area contributed by atoms with Crippen LogP contribution >= 0.6 is 0 Å². The Morgan fingerprint density at radius 1 is 1.31 bits per heavy atom. The minimum atomic E-state index is -0.282. The van der Waals surface area contributed by atoms with Crippen LogP contribution in [-0.4, -0.2) is 6.54 Å². The lowest BCUT2D eigenvalue weighted by Crippen LogP contribution is -2.21. The molecule has 1 aromatic rings. The summed E-state index contributed by atoms with van der Waals surface area (Å²) in [6.45, 7) is 5.35. The molecule has 0 saturated heterocycles. The van der Waals surface area contributed by atoms with Gasteiger partial charge in [-0.2, -0.15) is 5.26 Å². The van der Waals surface area contributed by atoms with E-state index in [2.05, 4.69) is 11.4 Å². The quantitative estimate of drug-likeness (QED) is 0.774. The van der Waals surface area contributed by atoms with Gasteiger partial charge in [0.1, 0.15) is 5.82 Å². The smallest absolute Gasteiger partial charge is 0.123 e. The van der Waals surface area contributed by atoms with Crippen LogP contribution in [0.4, 0.5) is 4.39 Å². The number of rotatable bonds is 5. The predicted octanol–water partition coefficient (Wildman–Crippen LogP) is 2.86. The maximum absolute atomic E-state index is 12.6. The zero-order chi connectivity index (χ0) is 12.0. The molecule has 0 aliphatic carbocycles. The van der Waals surface area contributed by atoms with Gasteiger partial charge in [-0.25, -0.2) is 4.39 Å². The first-order valence-corrected chi connectivity index (χ1v) is 5.40. The molecule has 0 heterocycles. The summed E-state index contributed by atoms with van der Waals surface area (Å²) in [4.78, 5) is 0. The van der Waals surface area contributed by atoms with Crippen molar-refractivity contribution in [2.24, 2.45) is 5.41 Å². The minimum Gasteiger partial charge on any atom is -0.313 e. The van der Waals surface area contributed by atoms with Crippen LogP contribution in [0.1, 0.15) is 25.8 Å². The molecule has 3 heteroatoms. The highest BCUT2D eigenvalue weighted by atomic mass is 19.1. The lowest BCUT2D eigenvalue weighted by Gasteiger charge is -2.15. The largest absolute Gasteiger partial charge is 0.313 e. The van der Waals surface area contributed by atoms with Crippen molar-refractivity contribution in [2.75, 3.05) is 6.54 Å². The summed E-state index contributed by atoms with van der Waals surface area (Å²) in [7, 11) is 0. The Hall–Kier alpha value is -1.40. The van der Waals surface area contributed by atoms with Gasteiger partial charge in [-0.15, -0.1) is 0 Å². The molecule has 0 amide bonds. The van der Waals surface area contributed by atoms with E-state index in [9.17, 15) is 4.39 Å². The second-order valence-corrected chi connectivity index (χ2v) is 4.55. The zero-order valence-corrected chi connectivity index (χ0v) is 9.76. The van der Waals surface area contributed by atoms with Gasteiger partial charge in [-0.05, 0) is 44.5 Å². The molecule has 1 N–H and O–H groups in total. The van der Waals surface area contributed by atoms with Crippen molar-refractivity contribution in [1.82, 2.24) is 5.32 Å². The Kier molecular flexibility index (Phi) is 4.45. The molecular formula is C13H17FN2. The summed E-state index contributed by atoms with van der Waals surface area (Å²) in [6.07, 6.45) is 0.810. The van der Waals surface area contributed by atoms with E-state index < -0.39 is 0 Å². The van der Waals surface area contributed by atoms with Crippen LogP contribution in [0.2, 0.25) is 0 Å². The number of hydrogen-bond donors (Lipinski definition) is 1. The normalized spacial score (nSPS) is 11.1. The van der Waals surface area contributed by atoms with Gasteiger partial charge in [0, 0.05) is 6.54 Å². The third-order valence-electron chi connectivity index (χ3n) is 2.47. The molecule has 0 saturated carbocycles. The van der Waals surface area contributed by atoms with E-state index in [4.69, 9.17) is 5.26 Å². The molecule has 0 atom stereocenters. The minimum absolute atomic E-state index is 0.214. The van der Waals surface area contributed by atoms with Gasteiger partial charge in [-0.3, -0.25) is 0 Å². The molecule has 0 radical (unpaired) electrons. The first-order valence-electron chi connectivity index (χ1n) is 5.40. The fraction of sp³-hybridized carbons (Fsp3) is 0.462. The van der Waals surface area contributed by atoms with Crippen molar-refractivity contribution in [3.05, 3.63) is 35.6 Å². The van der Waals surface area contributed by atoms with Crippen molar-refractivity contribution < 1.29 is 4.39 Å². The van der Waals surface area contributed by atoms with E-state index >= 15 is 0 Å². The van der Waals surface area contributed by atoms with Gasteiger partial charge in [-0.1, -0.05) is 12.1 Å². The number of nitrogens with one attached hydrogen (secondary N) is 1. The molecule has 1 rings (SSSR count). The molecule has 0 unspecified atom stereocenters. The van der Waals surface area contributed by atoms with Gasteiger partial charge in [0.15, 0.2) is 0 Å². The Morgan fingerprint density at radius 3 is 2.50 bits per heavy atom. The van der Waals surface area contributed by atoms with Gasteiger partial charge >= 0.3 is 0 Å². The molecule has 2 nitrogen and oxygen atoms in total. The topological polar surface area (TPSA) is 35.8 Å². The molecule has 0 fully saturated rings. The molecule has 0 aliphatic rings. The highest BCUT2D eigenvalue weighted by Crippen LogP contribution is 2.17. The van der Waals surface area contributed by atoms with Gasteiger partial charge in [0.25, 0.3) is 0 Å². The second kappa shape index (κ2) is 5.62. The molecule has 16 heavy (non-hydrogen) atoms. The van der Waals surface area contributed by atoms with Crippen LogP contribution in [0.5, 0.6) is 0 Å². The molecule has 0 bridgehead atoms. The van der Waals surface area contributed by atoms with E-state index in [1.165, 1.54) is 12.1 Å². The fourth-order valence-corrected chi connectivity index (χ4v) is 1.29. The molecular weight excluding hydrogens is 203 g/mol. The maximum Gasteiger partial charge on any atom is 0.123 e. The van der Waals surface area contributed by atoms with Gasteiger partial charge in [0.05, 0.1) is 11.5 Å². The van der Waals surface area contributed by atoms with Crippen LogP contribution in [0, 0.1) is 22.6 Å². The van der Waals surface area contributed by atoms with Crippen LogP contribution in [-0.2, 0) is 6.54 Å². The Labute approximate surface area is 96.1 Å². The Balaban J connectivity index is 2.27. The summed E-state index contributed by atoms with van der Waals surface area (Å²) >= 11 is 0. The maximum atomic E-state index is 12.6. The SMILES string of the molecule is CC(C)(C#N)CCNCc1ccc(F)cc1. The number of halogens is 1. The van der Waals surface area contributed by atoms with Crippen molar-refractivity contribution in [1.29, 1.82) is 5.26 Å². The van der Waals surface area contributed by atoms with E-state index in [1.54, 1.807) is 12.1 Å². The lowest BCUT2D eigenvalue weighted by atomic mass is 9.91. The molecule has 1 aromatic carbocycles. The lowest BCUT2D eigenvalue weighted by molar-refractivity contribution is 0.432. The van der Waals surface area contributed by atoms with Gasteiger partial charge < -0.3 is 5.32 Å². The number of nitriles is 1. The first-order chi connectivity index (χ1) is 7.53. The first kappa shape index (κ1) is 12.7. The average molecular weight is 220 g/mol. The van der Waals surface area contributed by atoms with Crippen molar-refractivity contribution in [3.63, 3.8) is 0 Å². The molecule has 0 aliphatic heterocycles. The molecule has 0 spiro atoms. The number of hydrogen-bond acceptors (Lipinski definition) is 2. The van der Waals surface area contributed by atoms with Crippen LogP contribution < -0.4 is 5.32 Å². The highest BCUT2D eigenvalue weighted by Gasteiger charge is 2.15. The Morgan fingerprint density at radius 2 is 1.94 bits per heavy atom. The van der Waals surface area contributed by atoms with E-state index in [0.29, 0.717) is 6.54 Å². The highest BCUT2D eigenvalue weighted by molar-refractivity contribution is 5.15. The monoisotopic (exact) mass is 220 g/mol. The van der Waals surface area contributed by atoms with E-state index in [0.717, 1.165) is 18.5 Å². The van der Waals surface area contributed by atoms with Crippen LogP contribution in [0.3, 0.4) is 0 Å². The zero-order valence-electron chi connectivity index (χ0n) is 9.76. The van der Waals surface area contributed by atoms with Crippen molar-refractivity contribution in [3.8, 4) is 6.07 Å². The van der Waals surface area contributed by atoms with Crippen molar-refractivity contribution in [2.45, 2.75) is 26.8 Å². The third-order valence-corrected chi connectivity index (χ3v) is 2.47. The summed E-state index contributed by atoms with van der Waals surface area (Å²) in [5.41, 5.74) is 0.770. The molecule has 86 valence electrons. The fourth-order valence-electron chi connectivity index (χ4n) is 1.29. The van der Waals surface area contributed by atoms with Crippen molar-refractivity contribution >= 4 is 0 Å². The summed E-state index contributed by atoms with van der Waals surface area (Å²) in [6, 6.07) is 8.69. The van der Waals surface area contributed by atoms with Gasteiger partial charge in [0.2, 0.25) is 0 Å². The van der Waals surface area contributed by atoms with E-state index in [-0.39, 0.29) is 11.2 Å². The standard InChI is InChI=1S/C13H17FN2/c1-13(2,10-15)7-8-16-9-11-3-5-12(14)6-4-11/h3-6,16H,7-9H2,1-2H3.